The number of nitrogens with two attached hydrogens (primary N) is 1. The summed E-state index contributed by atoms with van der Waals surface area (Å²) in [6.07, 6.45) is 0.433. The molecule has 0 fully saturated rings. The van der Waals surface area contributed by atoms with Gasteiger partial charge in [0.15, 0.2) is 5.82 Å². The molecule has 33 heavy (non-hydrogen) atoms. The summed E-state index contributed by atoms with van der Waals surface area (Å²) in [6, 6.07) is 27.7. The quantitative estimate of drug-likeness (QED) is 0.345. The molecular formula is C26H24N4O2S. The molecule has 5 aromatic rings. The number of nitrogen functional groups attached to an aromatic ring is 1. The minimum atomic E-state index is -3.86. The van der Waals surface area contributed by atoms with Crippen LogP contribution in [0.25, 0.3) is 21.8 Å². The maximum Gasteiger partial charge on any atom is 0.263 e. The Bertz CT molecular complexity index is 1550. The summed E-state index contributed by atoms with van der Waals surface area (Å²) in [7, 11) is -3.86. The number of rotatable bonds is 5. The molecule has 0 aliphatic heterocycles. The number of benzene rings is 4. The van der Waals surface area contributed by atoms with E-state index in [2.05, 4.69) is 34.0 Å². The predicted octanol–water partition coefficient (Wildman–Crippen LogP) is 5.39. The summed E-state index contributed by atoms with van der Waals surface area (Å²) in [5.74, 6) is 0.216. The molecule has 0 spiro atoms. The number of anilines is 2. The highest BCUT2D eigenvalue weighted by Crippen LogP contribution is 2.25. The molecule has 166 valence electrons. The van der Waals surface area contributed by atoms with Crippen molar-refractivity contribution in [2.24, 2.45) is 0 Å². The van der Waals surface area contributed by atoms with E-state index in [0.717, 1.165) is 16.3 Å². The van der Waals surface area contributed by atoms with Crippen LogP contribution in [0.1, 0.15) is 18.7 Å². The van der Waals surface area contributed by atoms with Crippen molar-refractivity contribution in [3.8, 4) is 0 Å². The molecule has 0 radical (unpaired) electrons. The number of nitrogens with one attached hydrogen (secondary N) is 1. The molecule has 0 saturated carbocycles. The van der Waals surface area contributed by atoms with Gasteiger partial charge in [-0.1, -0.05) is 62.0 Å². The zero-order chi connectivity index (χ0) is 22.1. The molecule has 1 aromatic heterocycles. The maximum atomic E-state index is 13.0. The topological polar surface area (TPSA) is 98.0 Å². The van der Waals surface area contributed by atoms with Crippen LogP contribution in [0.4, 0.5) is 11.5 Å². The predicted molar refractivity (Wildman–Crippen MR) is 135 cm³/mol. The van der Waals surface area contributed by atoms with Gasteiger partial charge in [0, 0.05) is 12.1 Å². The molecule has 0 amide bonds. The number of fused-ring (bicyclic) bond motifs is 2. The lowest BCUT2D eigenvalue weighted by atomic mass is 10.0. The fourth-order valence-electron chi connectivity index (χ4n) is 3.62. The second-order valence-electron chi connectivity index (χ2n) is 7.54. The van der Waals surface area contributed by atoms with Crippen LogP contribution in [0.15, 0.2) is 95.9 Å². The molecule has 4 aromatic carbocycles. The first kappa shape index (κ1) is 22.2. The van der Waals surface area contributed by atoms with Gasteiger partial charge in [-0.3, -0.25) is 4.72 Å². The summed E-state index contributed by atoms with van der Waals surface area (Å²) < 4.78 is 28.6. The van der Waals surface area contributed by atoms with Gasteiger partial charge in [0.1, 0.15) is 0 Å². The van der Waals surface area contributed by atoms with E-state index in [1.54, 1.807) is 12.1 Å². The third-order valence-electron chi connectivity index (χ3n) is 5.25. The third-order valence-corrected chi connectivity index (χ3v) is 6.60. The van der Waals surface area contributed by atoms with E-state index < -0.39 is 10.0 Å². The molecular weight excluding hydrogens is 432 g/mol. The normalized spacial score (nSPS) is 11.3. The van der Waals surface area contributed by atoms with Crippen LogP contribution in [0.2, 0.25) is 0 Å². The molecule has 6 nitrogen and oxygen atoms in total. The van der Waals surface area contributed by atoms with Gasteiger partial charge in [0.05, 0.1) is 21.6 Å². The van der Waals surface area contributed by atoms with Gasteiger partial charge < -0.3 is 5.73 Å². The Balaban J connectivity index is 0.00000259. The van der Waals surface area contributed by atoms with Gasteiger partial charge >= 0.3 is 0 Å². The number of nitrogens with zero attached hydrogens (tertiary/aromatic N) is 2. The Morgan fingerprint density at radius 2 is 1.39 bits per heavy atom. The second-order valence-corrected chi connectivity index (χ2v) is 9.22. The van der Waals surface area contributed by atoms with Crippen LogP contribution < -0.4 is 10.5 Å². The van der Waals surface area contributed by atoms with Crippen molar-refractivity contribution in [2.75, 3.05) is 10.5 Å². The molecule has 3 N–H and O–H groups in total. The minimum Gasteiger partial charge on any atom is -0.399 e. The van der Waals surface area contributed by atoms with E-state index >= 15 is 0 Å². The van der Waals surface area contributed by atoms with Crippen LogP contribution in [-0.2, 0) is 16.4 Å². The van der Waals surface area contributed by atoms with Crippen molar-refractivity contribution in [3.05, 3.63) is 102 Å². The largest absolute Gasteiger partial charge is 0.399 e. The minimum absolute atomic E-state index is 0. The average molecular weight is 457 g/mol. The van der Waals surface area contributed by atoms with E-state index in [9.17, 15) is 8.42 Å². The summed E-state index contributed by atoms with van der Waals surface area (Å²) >= 11 is 0. The zero-order valence-corrected chi connectivity index (χ0v) is 17.9. The third kappa shape index (κ3) is 4.63. The number of hydrogen-bond donors (Lipinski definition) is 2. The van der Waals surface area contributed by atoms with Crippen LogP contribution in [0.3, 0.4) is 0 Å². The van der Waals surface area contributed by atoms with Gasteiger partial charge in [-0.2, -0.15) is 0 Å². The molecule has 5 rings (SSSR count). The lowest BCUT2D eigenvalue weighted by molar-refractivity contribution is 0.601. The van der Waals surface area contributed by atoms with E-state index in [1.165, 1.54) is 12.1 Å². The monoisotopic (exact) mass is 456 g/mol. The fraction of sp³-hybridized carbons (Fsp3) is 0.0769. The summed E-state index contributed by atoms with van der Waals surface area (Å²) in [5, 5.41) is 2.26. The lowest BCUT2D eigenvalue weighted by Crippen LogP contribution is -2.16. The van der Waals surface area contributed by atoms with E-state index in [-0.39, 0.29) is 18.1 Å². The van der Waals surface area contributed by atoms with Gasteiger partial charge in [-0.25, -0.2) is 18.4 Å². The Morgan fingerprint density at radius 1 is 0.758 bits per heavy atom. The first-order chi connectivity index (χ1) is 15.5. The van der Waals surface area contributed by atoms with Gasteiger partial charge in [-0.05, 0) is 52.7 Å². The van der Waals surface area contributed by atoms with Crippen LogP contribution >= 0.6 is 0 Å². The van der Waals surface area contributed by atoms with Crippen LogP contribution in [-0.4, -0.2) is 18.4 Å². The summed E-state index contributed by atoms with van der Waals surface area (Å²) in [6.45, 7) is 0. The van der Waals surface area contributed by atoms with E-state index in [0.29, 0.717) is 28.8 Å². The lowest BCUT2D eigenvalue weighted by Gasteiger charge is -2.13. The van der Waals surface area contributed by atoms with E-state index in [4.69, 9.17) is 10.7 Å². The van der Waals surface area contributed by atoms with Crippen LogP contribution in [0.5, 0.6) is 0 Å². The SMILES string of the molecule is C.Nc1ccc(S(=O)(=O)Nc2nc3ccccc3nc2Cc2ccc3ccccc3c2)cc1. The first-order valence-corrected chi connectivity index (χ1v) is 11.6. The maximum absolute atomic E-state index is 13.0. The fourth-order valence-corrected chi connectivity index (χ4v) is 4.65. The number of para-hydroxylation sites is 2. The van der Waals surface area contributed by atoms with Crippen molar-refractivity contribution in [1.82, 2.24) is 9.97 Å². The summed E-state index contributed by atoms with van der Waals surface area (Å²) in [5.41, 5.74) is 9.08. The Morgan fingerprint density at radius 3 is 2.12 bits per heavy atom. The Kier molecular flexibility index (Phi) is 5.98. The molecule has 0 saturated heterocycles. The van der Waals surface area contributed by atoms with E-state index in [1.807, 2.05) is 42.5 Å². The molecule has 0 bridgehead atoms. The molecule has 0 unspecified atom stereocenters. The van der Waals surface area contributed by atoms with Crippen LogP contribution in [0, 0.1) is 0 Å². The number of hydrogen-bond acceptors (Lipinski definition) is 5. The van der Waals surface area contributed by atoms with Gasteiger partial charge in [-0.15, -0.1) is 0 Å². The van der Waals surface area contributed by atoms with Crippen molar-refractivity contribution in [2.45, 2.75) is 18.7 Å². The first-order valence-electron chi connectivity index (χ1n) is 10.1. The van der Waals surface area contributed by atoms with Gasteiger partial charge in [0.25, 0.3) is 10.0 Å². The summed E-state index contributed by atoms with van der Waals surface area (Å²) in [4.78, 5) is 9.43. The Labute approximate surface area is 193 Å². The highest BCUT2D eigenvalue weighted by Gasteiger charge is 2.19. The van der Waals surface area contributed by atoms with Crippen molar-refractivity contribution < 1.29 is 8.42 Å². The zero-order valence-electron chi connectivity index (χ0n) is 17.1. The molecule has 7 heteroatoms. The smallest absolute Gasteiger partial charge is 0.263 e. The molecule has 1 heterocycles. The molecule has 0 aliphatic carbocycles. The number of sulfonamides is 1. The molecule has 0 aliphatic rings. The van der Waals surface area contributed by atoms with Crippen molar-refractivity contribution >= 4 is 43.3 Å². The molecule has 0 atom stereocenters. The van der Waals surface area contributed by atoms with Crippen molar-refractivity contribution in [3.63, 3.8) is 0 Å². The second kappa shape index (κ2) is 8.88. The standard InChI is InChI=1S/C25H20N4O2S.CH4/c26-20-11-13-21(14-12-20)32(30,31)29-25-24(27-22-7-3-4-8-23(22)28-25)16-17-9-10-18-5-1-2-6-19(18)15-17;/h1-15H,16,26H2,(H,28,29);1H4. The highest BCUT2D eigenvalue weighted by molar-refractivity contribution is 7.92. The number of aromatic nitrogens is 2. The average Bonchev–Trinajstić information content (AvgIpc) is 2.79. The van der Waals surface area contributed by atoms with Crippen molar-refractivity contribution in [1.29, 1.82) is 0 Å². The van der Waals surface area contributed by atoms with Gasteiger partial charge in [0.2, 0.25) is 0 Å². The Hall–Kier alpha value is -3.97. The highest BCUT2D eigenvalue weighted by atomic mass is 32.2.